The Morgan fingerprint density at radius 2 is 1.41 bits per heavy atom. The van der Waals surface area contributed by atoms with Crippen LogP contribution in [0.1, 0.15) is 32.6 Å². The van der Waals surface area contributed by atoms with E-state index in [-0.39, 0.29) is 29.6 Å². The van der Waals surface area contributed by atoms with Crippen molar-refractivity contribution < 1.29 is 9.72 Å². The second-order valence-corrected chi connectivity index (χ2v) is 6.05. The van der Waals surface area contributed by atoms with Crippen molar-refractivity contribution in [3.63, 3.8) is 0 Å². The Morgan fingerprint density at radius 3 is 1.82 bits per heavy atom. The van der Waals surface area contributed by atoms with Crippen molar-refractivity contribution in [1.82, 2.24) is 0 Å². The van der Waals surface area contributed by atoms with E-state index in [9.17, 15) is 10.4 Å². The van der Waals surface area contributed by atoms with Gasteiger partial charge in [-0.1, -0.05) is 9.72 Å². The molecule has 92 valence electrons. The number of nitrogens with zero attached hydrogens (tertiary/aromatic N) is 4. The Labute approximate surface area is 99.2 Å². The minimum absolute atomic E-state index is 0.0905. The number of fused-ring (bicyclic) bond motifs is 2. The lowest BCUT2D eigenvalue weighted by Crippen LogP contribution is -2.69. The lowest BCUT2D eigenvalue weighted by Gasteiger charge is -2.56. The number of azo groups is 2. The van der Waals surface area contributed by atoms with Crippen molar-refractivity contribution in [3.05, 3.63) is 10.4 Å². The molecule has 0 spiro atoms. The molecule has 0 amide bonds. The van der Waals surface area contributed by atoms with Crippen LogP contribution in [0.5, 0.6) is 0 Å². The summed E-state index contributed by atoms with van der Waals surface area (Å²) in [6.07, 6.45) is 3.73. The van der Waals surface area contributed by atoms with Gasteiger partial charge in [-0.3, -0.25) is 0 Å². The summed E-state index contributed by atoms with van der Waals surface area (Å²) in [5.41, 5.74) is -0.209. The average molecular weight is 236 g/mol. The maximum Gasteiger partial charge on any atom is 0.202 e. The molecule has 6 aliphatic rings. The summed E-state index contributed by atoms with van der Waals surface area (Å²) in [6.45, 7) is 2.12. The number of hydrogen-bond donors (Lipinski definition) is 0. The molecule has 2 saturated carbocycles. The van der Waals surface area contributed by atoms with Gasteiger partial charge < -0.3 is 10.4 Å². The van der Waals surface area contributed by atoms with Crippen molar-refractivity contribution >= 4 is 0 Å². The van der Waals surface area contributed by atoms with Crippen LogP contribution in [-0.4, -0.2) is 33.9 Å². The molecular weight excluding hydrogens is 220 g/mol. The molecule has 0 radical (unpaired) electrons. The van der Waals surface area contributed by atoms with Crippen LogP contribution in [0.25, 0.3) is 0 Å². The van der Waals surface area contributed by atoms with Crippen LogP contribution in [-0.2, 0) is 0 Å². The van der Waals surface area contributed by atoms with E-state index in [0.29, 0.717) is 5.92 Å². The molecule has 2 aliphatic carbocycles. The van der Waals surface area contributed by atoms with Gasteiger partial charge in [-0.25, -0.2) is 0 Å². The summed E-state index contributed by atoms with van der Waals surface area (Å²) in [5.74, 6) is 0.315. The smallest absolute Gasteiger partial charge is 0.202 e. The molecule has 6 nitrogen and oxygen atoms in total. The molecule has 0 aromatic heterocycles. The lowest BCUT2D eigenvalue weighted by molar-refractivity contribution is -0.672. The van der Waals surface area contributed by atoms with Crippen molar-refractivity contribution in [1.29, 1.82) is 0 Å². The van der Waals surface area contributed by atoms with Crippen LogP contribution < -0.4 is 0 Å². The molecule has 0 saturated heterocycles. The average Bonchev–Trinajstić information content (AvgIpc) is 2.28. The third-order valence-electron chi connectivity index (χ3n) is 5.51. The predicted molar refractivity (Wildman–Crippen MR) is 57.3 cm³/mol. The molecule has 4 bridgehead atoms. The number of hydroxylamine groups is 2. The van der Waals surface area contributed by atoms with E-state index in [1.165, 1.54) is 0 Å². The molecule has 0 N–H and O–H groups in total. The Bertz CT molecular complexity index is 411. The fourth-order valence-corrected chi connectivity index (χ4v) is 4.80. The summed E-state index contributed by atoms with van der Waals surface area (Å²) >= 11 is 0. The first kappa shape index (κ1) is 9.79. The Morgan fingerprint density at radius 1 is 0.941 bits per heavy atom. The Kier molecular flexibility index (Phi) is 1.61. The molecule has 4 heterocycles. The molecule has 0 aromatic rings. The monoisotopic (exact) mass is 236 g/mol. The SMILES string of the molecule is CC12C(C3CC[C@@H]1[N+]([O-])=N3)C1CC[C@H]2[N+]([O-])=N1. The number of rotatable bonds is 0. The van der Waals surface area contributed by atoms with Crippen LogP contribution in [0.4, 0.5) is 0 Å². The van der Waals surface area contributed by atoms with Crippen LogP contribution >= 0.6 is 0 Å². The van der Waals surface area contributed by atoms with Gasteiger partial charge in [0.05, 0.1) is 0 Å². The Hall–Kier alpha value is -1.20. The second kappa shape index (κ2) is 2.79. The summed E-state index contributed by atoms with van der Waals surface area (Å²) in [7, 11) is 0. The fourth-order valence-electron chi connectivity index (χ4n) is 4.80. The molecule has 4 aliphatic heterocycles. The van der Waals surface area contributed by atoms with Gasteiger partial charge >= 0.3 is 0 Å². The van der Waals surface area contributed by atoms with E-state index in [0.717, 1.165) is 35.4 Å². The van der Waals surface area contributed by atoms with Gasteiger partial charge in [0.25, 0.3) is 0 Å². The van der Waals surface area contributed by atoms with Gasteiger partial charge in [0, 0.05) is 18.8 Å². The lowest BCUT2D eigenvalue weighted by atomic mass is 9.51. The first-order chi connectivity index (χ1) is 8.12. The molecular formula is C11H16N4O2. The van der Waals surface area contributed by atoms with E-state index < -0.39 is 0 Å². The molecule has 17 heavy (non-hydrogen) atoms. The zero-order valence-electron chi connectivity index (χ0n) is 9.82. The largest absolute Gasteiger partial charge is 0.600 e. The normalized spacial score (nSPS) is 55.2. The van der Waals surface area contributed by atoms with E-state index in [1.807, 2.05) is 0 Å². The Balaban J connectivity index is 1.90. The summed E-state index contributed by atoms with van der Waals surface area (Å²) in [5, 5.41) is 32.2. The number of hydrogen-bond acceptors (Lipinski definition) is 4. The van der Waals surface area contributed by atoms with E-state index in [2.05, 4.69) is 17.2 Å². The van der Waals surface area contributed by atoms with Gasteiger partial charge in [-0.2, -0.15) is 0 Å². The van der Waals surface area contributed by atoms with Gasteiger partial charge in [0.1, 0.15) is 17.5 Å². The molecule has 2 fully saturated rings. The van der Waals surface area contributed by atoms with Crippen molar-refractivity contribution in [2.75, 3.05) is 0 Å². The molecule has 6 atom stereocenters. The third kappa shape index (κ3) is 0.940. The maximum absolute atomic E-state index is 11.9. The highest BCUT2D eigenvalue weighted by Gasteiger charge is 2.70. The van der Waals surface area contributed by atoms with Crippen LogP contribution in [0.15, 0.2) is 10.2 Å². The third-order valence-corrected chi connectivity index (χ3v) is 5.51. The van der Waals surface area contributed by atoms with Gasteiger partial charge in [0.2, 0.25) is 12.1 Å². The fraction of sp³-hybridized carbons (Fsp3) is 1.00. The molecule has 0 aromatic carbocycles. The van der Waals surface area contributed by atoms with Crippen LogP contribution in [0, 0.1) is 21.7 Å². The zero-order chi connectivity index (χ0) is 11.8. The molecule has 6 rings (SSSR count). The minimum Gasteiger partial charge on any atom is -0.600 e. The van der Waals surface area contributed by atoms with Crippen LogP contribution in [0.2, 0.25) is 0 Å². The van der Waals surface area contributed by atoms with Gasteiger partial charge in [-0.05, 0) is 30.0 Å². The predicted octanol–water partition coefficient (Wildman–Crippen LogP) is 1.62. The highest BCUT2D eigenvalue weighted by atomic mass is 16.5. The standard InChI is InChI=1S/C11H16N4O2/c1-11-8-4-2-6(12-14(8)16)10(11)7-3-5-9(11)15(17)13-7/h6-10H,2-5H2,1H3/t6?,7?,8-,9+,10?,11?. The second-order valence-electron chi connectivity index (χ2n) is 6.05. The van der Waals surface area contributed by atoms with E-state index >= 15 is 0 Å². The first-order valence-corrected chi connectivity index (χ1v) is 6.46. The van der Waals surface area contributed by atoms with E-state index in [4.69, 9.17) is 0 Å². The summed E-state index contributed by atoms with van der Waals surface area (Å²) < 4.78 is 0. The highest BCUT2D eigenvalue weighted by molar-refractivity contribution is 5.11. The van der Waals surface area contributed by atoms with Crippen molar-refractivity contribution in [2.45, 2.75) is 56.8 Å². The summed E-state index contributed by atoms with van der Waals surface area (Å²) in [4.78, 5) is 1.78. The first-order valence-electron chi connectivity index (χ1n) is 6.46. The molecule has 4 unspecified atom stereocenters. The minimum atomic E-state index is -0.209. The van der Waals surface area contributed by atoms with Crippen LogP contribution in [0.3, 0.4) is 0 Å². The van der Waals surface area contributed by atoms with E-state index in [1.54, 1.807) is 0 Å². The van der Waals surface area contributed by atoms with Gasteiger partial charge in [-0.15, -0.1) is 0 Å². The van der Waals surface area contributed by atoms with Crippen molar-refractivity contribution in [2.24, 2.45) is 21.6 Å². The topological polar surface area (TPSA) is 76.9 Å². The zero-order valence-corrected chi connectivity index (χ0v) is 9.82. The molecule has 6 heteroatoms. The summed E-state index contributed by atoms with van der Waals surface area (Å²) in [6, 6.07) is -0.0463. The van der Waals surface area contributed by atoms with Crippen molar-refractivity contribution in [3.8, 4) is 0 Å². The highest BCUT2D eigenvalue weighted by Crippen LogP contribution is 2.58. The quantitative estimate of drug-likeness (QED) is 0.473. The van der Waals surface area contributed by atoms with Gasteiger partial charge in [0.15, 0.2) is 0 Å². The maximum atomic E-state index is 11.9.